The van der Waals surface area contributed by atoms with Gasteiger partial charge in [-0.15, -0.1) is 0 Å². The van der Waals surface area contributed by atoms with Crippen LogP contribution in [0.5, 0.6) is 5.75 Å². The summed E-state index contributed by atoms with van der Waals surface area (Å²) >= 11 is 0. The molecule has 226 valence electrons. The molecule has 0 bridgehead atoms. The van der Waals surface area contributed by atoms with Gasteiger partial charge in [0.25, 0.3) is 5.91 Å². The number of benzene rings is 4. The van der Waals surface area contributed by atoms with Crippen molar-refractivity contribution in [1.29, 1.82) is 0 Å². The second kappa shape index (κ2) is 12.7. The van der Waals surface area contributed by atoms with Gasteiger partial charge < -0.3 is 24.7 Å². The van der Waals surface area contributed by atoms with E-state index in [0.29, 0.717) is 18.5 Å². The van der Waals surface area contributed by atoms with Crippen LogP contribution in [0.25, 0.3) is 10.8 Å². The van der Waals surface area contributed by atoms with Crippen molar-refractivity contribution in [2.24, 2.45) is 0 Å². The number of aliphatic hydroxyl groups is 1. The van der Waals surface area contributed by atoms with Gasteiger partial charge in [-0.2, -0.15) is 5.06 Å². The maximum atomic E-state index is 14.1. The Morgan fingerprint density at radius 1 is 0.864 bits per heavy atom. The van der Waals surface area contributed by atoms with Crippen molar-refractivity contribution < 1.29 is 34.2 Å². The van der Waals surface area contributed by atoms with Crippen LogP contribution in [0.4, 0.5) is 4.79 Å². The van der Waals surface area contributed by atoms with Crippen molar-refractivity contribution in [3.63, 3.8) is 0 Å². The second-order valence-electron chi connectivity index (χ2n) is 10.9. The number of hydrogen-bond donors (Lipinski definition) is 2. The molecule has 1 unspecified atom stereocenters. The van der Waals surface area contributed by atoms with E-state index in [9.17, 15) is 24.6 Å². The third-order valence-electron chi connectivity index (χ3n) is 8.13. The zero-order chi connectivity index (χ0) is 30.6. The Hall–Kier alpha value is -4.93. The summed E-state index contributed by atoms with van der Waals surface area (Å²) < 4.78 is 5.56. The summed E-state index contributed by atoms with van der Waals surface area (Å²) in [5.74, 6) is -0.789. The van der Waals surface area contributed by atoms with Crippen LogP contribution >= 0.6 is 0 Å². The third-order valence-corrected chi connectivity index (χ3v) is 8.13. The molecule has 2 saturated heterocycles. The fraction of sp³-hybridized carbons (Fsp3) is 0.265. The summed E-state index contributed by atoms with van der Waals surface area (Å²) in [6, 6.07) is 28.7. The fourth-order valence-corrected chi connectivity index (χ4v) is 5.89. The normalized spacial score (nSPS) is 20.1. The quantitative estimate of drug-likeness (QED) is 0.319. The number of amides is 3. The molecule has 3 atom stereocenters. The molecule has 0 radical (unpaired) electrons. The van der Waals surface area contributed by atoms with Gasteiger partial charge >= 0.3 is 6.09 Å². The number of piperazine rings is 1. The number of phenolic OH excluding ortho intramolecular Hbond substituents is 1. The van der Waals surface area contributed by atoms with E-state index in [-0.39, 0.29) is 31.2 Å². The number of rotatable bonds is 8. The smallest absolute Gasteiger partial charge is 0.436 e. The molecular formula is C34H33N3O7. The third kappa shape index (κ3) is 5.95. The van der Waals surface area contributed by atoms with Gasteiger partial charge in [0, 0.05) is 13.0 Å². The van der Waals surface area contributed by atoms with E-state index in [1.165, 1.54) is 17.0 Å². The number of ether oxygens (including phenoxy) is 1. The standard InChI is InChI=1S/C34H33N3O7/c38-21-30-33(41)36-29(19-23-13-15-27(39)16-14-23)32(40)35(18-17-26-11-6-10-25-9-4-5-12-28(25)26)20-31(36)37(44-30)34(42)43-22-24-7-2-1-3-8-24/h1-16,29-31,38-39H,17-22H2/t29-,30+,31?/m0/s1. The van der Waals surface area contributed by atoms with Crippen molar-refractivity contribution in [3.05, 3.63) is 114 Å². The average molecular weight is 596 g/mol. The first kappa shape index (κ1) is 29.2. The average Bonchev–Trinajstić information content (AvgIpc) is 3.05. The minimum atomic E-state index is -1.38. The van der Waals surface area contributed by atoms with Gasteiger partial charge in [-0.05, 0) is 46.0 Å². The van der Waals surface area contributed by atoms with E-state index < -0.39 is 36.9 Å². The van der Waals surface area contributed by atoms with E-state index in [0.717, 1.165) is 27.0 Å². The molecule has 6 rings (SSSR count). The van der Waals surface area contributed by atoms with Crippen LogP contribution in [0, 0.1) is 0 Å². The summed E-state index contributed by atoms with van der Waals surface area (Å²) in [6.07, 6.45) is -2.51. The lowest BCUT2D eigenvalue weighted by molar-refractivity contribution is -0.271. The van der Waals surface area contributed by atoms with Crippen LogP contribution in [0.2, 0.25) is 0 Å². The Bertz CT molecular complexity index is 1640. The molecule has 3 amide bonds. The molecule has 4 aromatic rings. The summed E-state index contributed by atoms with van der Waals surface area (Å²) in [6.45, 7) is -0.367. The van der Waals surface area contributed by atoms with Crippen molar-refractivity contribution in [2.45, 2.75) is 37.8 Å². The molecule has 44 heavy (non-hydrogen) atoms. The molecule has 10 nitrogen and oxygen atoms in total. The topological polar surface area (TPSA) is 120 Å². The molecule has 2 aliphatic rings. The van der Waals surface area contributed by atoms with E-state index in [1.54, 1.807) is 17.0 Å². The number of carbonyl (C=O) groups excluding carboxylic acids is 3. The number of aliphatic hydroxyl groups excluding tert-OH is 1. The predicted molar refractivity (Wildman–Crippen MR) is 161 cm³/mol. The largest absolute Gasteiger partial charge is 0.508 e. The van der Waals surface area contributed by atoms with Gasteiger partial charge in [0.05, 0.1) is 13.2 Å². The SMILES string of the molecule is O=C1[C@H](Cc2ccc(O)cc2)N2C(=O)[C@@H](CO)ON(C(=O)OCc3ccccc3)C2CN1CCc1cccc2ccccc12. The number of fused-ring (bicyclic) bond motifs is 2. The lowest BCUT2D eigenvalue weighted by Gasteiger charge is -2.52. The Balaban J connectivity index is 1.31. The molecule has 0 saturated carbocycles. The lowest BCUT2D eigenvalue weighted by Crippen LogP contribution is -2.74. The van der Waals surface area contributed by atoms with Gasteiger partial charge in [0.2, 0.25) is 5.91 Å². The summed E-state index contributed by atoms with van der Waals surface area (Å²) in [7, 11) is 0. The first-order valence-electron chi connectivity index (χ1n) is 14.6. The molecule has 0 aliphatic carbocycles. The van der Waals surface area contributed by atoms with Crippen LogP contribution in [-0.4, -0.2) is 81.0 Å². The van der Waals surface area contributed by atoms with Crippen molar-refractivity contribution >= 4 is 28.7 Å². The van der Waals surface area contributed by atoms with Crippen LogP contribution in [0.3, 0.4) is 0 Å². The minimum Gasteiger partial charge on any atom is -0.508 e. The maximum Gasteiger partial charge on any atom is 0.436 e. The zero-order valence-electron chi connectivity index (χ0n) is 24.0. The molecule has 2 N–H and O–H groups in total. The number of hydrogen-bond acceptors (Lipinski definition) is 7. The highest BCUT2D eigenvalue weighted by atomic mass is 16.7. The number of hydroxylamine groups is 2. The predicted octanol–water partition coefficient (Wildman–Crippen LogP) is 3.64. The van der Waals surface area contributed by atoms with Gasteiger partial charge in [-0.25, -0.2) is 4.79 Å². The van der Waals surface area contributed by atoms with Crippen molar-refractivity contribution in [3.8, 4) is 5.75 Å². The molecule has 2 heterocycles. The monoisotopic (exact) mass is 595 g/mol. The lowest BCUT2D eigenvalue weighted by atomic mass is 9.97. The Kier molecular flexibility index (Phi) is 8.44. The summed E-state index contributed by atoms with van der Waals surface area (Å²) in [4.78, 5) is 49.9. The van der Waals surface area contributed by atoms with E-state index in [1.807, 2.05) is 72.8 Å². The van der Waals surface area contributed by atoms with Gasteiger partial charge in [0.15, 0.2) is 12.3 Å². The molecule has 2 aliphatic heterocycles. The highest BCUT2D eigenvalue weighted by molar-refractivity contribution is 5.92. The van der Waals surface area contributed by atoms with Crippen molar-refractivity contribution in [2.75, 3.05) is 19.7 Å². The maximum absolute atomic E-state index is 14.1. The van der Waals surface area contributed by atoms with E-state index in [2.05, 4.69) is 0 Å². The van der Waals surface area contributed by atoms with Gasteiger partial charge in [0.1, 0.15) is 18.4 Å². The number of nitrogens with zero attached hydrogens (tertiary/aromatic N) is 3. The first-order chi connectivity index (χ1) is 21.4. The molecule has 0 spiro atoms. The van der Waals surface area contributed by atoms with Crippen LogP contribution < -0.4 is 0 Å². The Labute approximate surface area is 254 Å². The molecule has 4 aromatic carbocycles. The van der Waals surface area contributed by atoms with Crippen molar-refractivity contribution in [1.82, 2.24) is 14.9 Å². The van der Waals surface area contributed by atoms with E-state index >= 15 is 0 Å². The molecule has 0 aromatic heterocycles. The summed E-state index contributed by atoms with van der Waals surface area (Å²) in [5, 5.41) is 23.0. The highest BCUT2D eigenvalue weighted by Crippen LogP contribution is 2.30. The van der Waals surface area contributed by atoms with Crippen LogP contribution in [0.1, 0.15) is 16.7 Å². The Morgan fingerprint density at radius 2 is 1.59 bits per heavy atom. The zero-order valence-corrected chi connectivity index (χ0v) is 24.0. The molecule has 2 fully saturated rings. The number of carbonyl (C=O) groups is 3. The second-order valence-corrected chi connectivity index (χ2v) is 10.9. The minimum absolute atomic E-state index is 0.00000281. The van der Waals surface area contributed by atoms with Gasteiger partial charge in [-0.3, -0.25) is 14.4 Å². The summed E-state index contributed by atoms with van der Waals surface area (Å²) in [5.41, 5.74) is 2.56. The highest BCUT2D eigenvalue weighted by Gasteiger charge is 2.53. The number of aromatic hydroxyl groups is 1. The van der Waals surface area contributed by atoms with Gasteiger partial charge in [-0.1, -0.05) is 84.9 Å². The van der Waals surface area contributed by atoms with E-state index in [4.69, 9.17) is 9.57 Å². The molecule has 10 heteroatoms. The van der Waals surface area contributed by atoms with Crippen LogP contribution in [-0.2, 0) is 38.6 Å². The molecular weight excluding hydrogens is 562 g/mol. The van der Waals surface area contributed by atoms with Crippen LogP contribution in [0.15, 0.2) is 97.1 Å². The Morgan fingerprint density at radius 3 is 2.36 bits per heavy atom. The first-order valence-corrected chi connectivity index (χ1v) is 14.6. The fourth-order valence-electron chi connectivity index (χ4n) is 5.89. The number of phenols is 1.